The lowest BCUT2D eigenvalue weighted by atomic mass is 10.2. The summed E-state index contributed by atoms with van der Waals surface area (Å²) in [5.41, 5.74) is 1.67. The van der Waals surface area contributed by atoms with E-state index in [1.54, 1.807) is 26.0 Å². The second-order valence-electron chi connectivity index (χ2n) is 4.08. The van der Waals surface area contributed by atoms with Crippen molar-refractivity contribution in [3.8, 4) is 0 Å². The number of rotatable bonds is 2. The molecule has 0 aliphatic rings. The highest BCUT2D eigenvalue weighted by Crippen LogP contribution is 2.21. The van der Waals surface area contributed by atoms with Crippen molar-refractivity contribution in [2.24, 2.45) is 0 Å². The van der Waals surface area contributed by atoms with Crippen LogP contribution in [0.3, 0.4) is 0 Å². The second kappa shape index (κ2) is 4.86. The molecule has 0 spiro atoms. The Morgan fingerprint density at radius 1 is 1.33 bits per heavy atom. The maximum Gasteiger partial charge on any atom is 0.267 e. The number of benzene rings is 1. The van der Waals surface area contributed by atoms with Gasteiger partial charge in [-0.25, -0.2) is 9.37 Å². The highest BCUT2D eigenvalue weighted by molar-refractivity contribution is 7.13. The predicted molar refractivity (Wildman–Crippen MR) is 70.7 cm³/mol. The summed E-state index contributed by atoms with van der Waals surface area (Å²) in [7, 11) is 0. The number of halogens is 1. The Kier molecular flexibility index (Phi) is 3.43. The average Bonchev–Trinajstić information content (AvgIpc) is 2.62. The summed E-state index contributed by atoms with van der Waals surface area (Å²) in [6, 6.07) is 4.70. The van der Waals surface area contributed by atoms with Crippen LogP contribution in [0.1, 0.15) is 25.9 Å². The summed E-state index contributed by atoms with van der Waals surface area (Å²) in [6.07, 6.45) is 0. The Morgan fingerprint density at radius 2 is 2.06 bits per heavy atom. The molecular weight excluding hydrogens is 251 g/mol. The fourth-order valence-electron chi connectivity index (χ4n) is 1.64. The number of nitrogens with one attached hydrogen (secondary N) is 1. The molecule has 1 heterocycles. The van der Waals surface area contributed by atoms with Crippen LogP contribution in [0.25, 0.3) is 0 Å². The Balaban J connectivity index is 2.24. The molecule has 3 nitrogen and oxygen atoms in total. The van der Waals surface area contributed by atoms with Gasteiger partial charge in [0.25, 0.3) is 5.91 Å². The maximum atomic E-state index is 13.6. The SMILES string of the molecule is Cc1ccc(NC(=O)c2sc(C)nc2C)c(F)c1. The number of hydrogen-bond acceptors (Lipinski definition) is 3. The fraction of sp³-hybridized carbons (Fsp3) is 0.231. The molecule has 1 aromatic carbocycles. The van der Waals surface area contributed by atoms with Gasteiger partial charge in [-0.1, -0.05) is 6.07 Å². The maximum absolute atomic E-state index is 13.6. The number of anilines is 1. The lowest BCUT2D eigenvalue weighted by molar-refractivity contribution is 0.102. The van der Waals surface area contributed by atoms with Crippen LogP contribution in [-0.2, 0) is 0 Å². The van der Waals surface area contributed by atoms with E-state index in [1.165, 1.54) is 17.4 Å². The highest BCUT2D eigenvalue weighted by atomic mass is 32.1. The van der Waals surface area contributed by atoms with Gasteiger partial charge in [-0.3, -0.25) is 4.79 Å². The van der Waals surface area contributed by atoms with E-state index in [0.717, 1.165) is 10.6 Å². The number of nitrogens with zero attached hydrogens (tertiary/aromatic N) is 1. The van der Waals surface area contributed by atoms with Crippen LogP contribution in [0, 0.1) is 26.6 Å². The molecule has 0 fully saturated rings. The van der Waals surface area contributed by atoms with Crippen LogP contribution >= 0.6 is 11.3 Å². The van der Waals surface area contributed by atoms with Gasteiger partial charge in [0, 0.05) is 0 Å². The monoisotopic (exact) mass is 264 g/mol. The zero-order valence-corrected chi connectivity index (χ0v) is 11.2. The normalized spacial score (nSPS) is 10.4. The van der Waals surface area contributed by atoms with E-state index in [4.69, 9.17) is 0 Å². The number of thiazole rings is 1. The first-order chi connectivity index (χ1) is 8.47. The topological polar surface area (TPSA) is 42.0 Å². The summed E-state index contributed by atoms with van der Waals surface area (Å²) in [6.45, 7) is 5.40. The van der Waals surface area contributed by atoms with Gasteiger partial charge >= 0.3 is 0 Å². The molecule has 0 saturated carbocycles. The third-order valence-corrected chi connectivity index (χ3v) is 3.55. The number of carbonyl (C=O) groups is 1. The molecule has 2 aromatic rings. The van der Waals surface area contributed by atoms with Crippen LogP contribution in [-0.4, -0.2) is 10.9 Å². The molecule has 0 atom stereocenters. The Hall–Kier alpha value is -1.75. The first-order valence-electron chi connectivity index (χ1n) is 5.49. The number of aromatic nitrogens is 1. The first kappa shape index (κ1) is 12.7. The molecule has 0 bridgehead atoms. The largest absolute Gasteiger partial charge is 0.319 e. The summed E-state index contributed by atoms with van der Waals surface area (Å²) in [5, 5.41) is 3.39. The van der Waals surface area contributed by atoms with Crippen molar-refractivity contribution >= 4 is 22.9 Å². The third kappa shape index (κ3) is 2.56. The molecule has 0 radical (unpaired) electrons. The number of amides is 1. The van der Waals surface area contributed by atoms with E-state index < -0.39 is 5.82 Å². The van der Waals surface area contributed by atoms with Crippen LogP contribution in [0.4, 0.5) is 10.1 Å². The predicted octanol–water partition coefficient (Wildman–Crippen LogP) is 3.46. The van der Waals surface area contributed by atoms with E-state index >= 15 is 0 Å². The molecule has 18 heavy (non-hydrogen) atoms. The number of carbonyl (C=O) groups excluding carboxylic acids is 1. The van der Waals surface area contributed by atoms with Crippen molar-refractivity contribution in [3.63, 3.8) is 0 Å². The summed E-state index contributed by atoms with van der Waals surface area (Å²) < 4.78 is 13.6. The molecule has 0 aliphatic carbocycles. The molecular formula is C13H13FN2OS. The lowest BCUT2D eigenvalue weighted by Gasteiger charge is -2.06. The first-order valence-corrected chi connectivity index (χ1v) is 6.30. The summed E-state index contributed by atoms with van der Waals surface area (Å²) in [4.78, 5) is 16.7. The van der Waals surface area contributed by atoms with Gasteiger partial charge < -0.3 is 5.32 Å². The van der Waals surface area contributed by atoms with E-state index in [-0.39, 0.29) is 11.6 Å². The van der Waals surface area contributed by atoms with Crippen molar-refractivity contribution in [1.29, 1.82) is 0 Å². The van der Waals surface area contributed by atoms with Crippen LogP contribution < -0.4 is 5.32 Å². The van der Waals surface area contributed by atoms with Gasteiger partial charge in [-0.05, 0) is 38.5 Å². The molecule has 1 N–H and O–H groups in total. The standard InChI is InChI=1S/C13H13FN2OS/c1-7-4-5-11(10(14)6-7)16-13(17)12-8(2)15-9(3)18-12/h4-6H,1-3H3,(H,16,17). The van der Waals surface area contributed by atoms with Gasteiger partial charge in [0.05, 0.1) is 16.4 Å². The van der Waals surface area contributed by atoms with Crippen LogP contribution in [0.5, 0.6) is 0 Å². The average molecular weight is 264 g/mol. The Bertz CT molecular complexity index is 607. The van der Waals surface area contributed by atoms with Crippen LogP contribution in [0.15, 0.2) is 18.2 Å². The minimum atomic E-state index is -0.428. The lowest BCUT2D eigenvalue weighted by Crippen LogP contribution is -2.12. The van der Waals surface area contributed by atoms with E-state index in [0.29, 0.717) is 10.6 Å². The smallest absolute Gasteiger partial charge is 0.267 e. The summed E-state index contributed by atoms with van der Waals surface area (Å²) >= 11 is 1.31. The zero-order chi connectivity index (χ0) is 13.3. The van der Waals surface area contributed by atoms with E-state index in [9.17, 15) is 9.18 Å². The fourth-order valence-corrected chi connectivity index (χ4v) is 2.46. The highest BCUT2D eigenvalue weighted by Gasteiger charge is 2.15. The zero-order valence-electron chi connectivity index (χ0n) is 10.4. The second-order valence-corrected chi connectivity index (χ2v) is 5.29. The molecule has 0 unspecified atom stereocenters. The molecule has 0 aliphatic heterocycles. The van der Waals surface area contributed by atoms with Crippen molar-refractivity contribution < 1.29 is 9.18 Å². The van der Waals surface area contributed by atoms with Crippen molar-refractivity contribution in [2.75, 3.05) is 5.32 Å². The van der Waals surface area contributed by atoms with E-state index in [2.05, 4.69) is 10.3 Å². The molecule has 5 heteroatoms. The van der Waals surface area contributed by atoms with Crippen LogP contribution in [0.2, 0.25) is 0 Å². The Morgan fingerprint density at radius 3 is 2.61 bits per heavy atom. The molecule has 94 valence electrons. The Labute approximate surface area is 109 Å². The van der Waals surface area contributed by atoms with Gasteiger partial charge in [-0.2, -0.15) is 0 Å². The summed E-state index contributed by atoms with van der Waals surface area (Å²) in [5.74, 6) is -0.747. The number of hydrogen-bond donors (Lipinski definition) is 1. The van der Waals surface area contributed by atoms with Crippen molar-refractivity contribution in [2.45, 2.75) is 20.8 Å². The number of aryl methyl sites for hydroxylation is 3. The van der Waals surface area contributed by atoms with Gasteiger partial charge in [0.2, 0.25) is 0 Å². The third-order valence-electron chi connectivity index (χ3n) is 2.48. The van der Waals surface area contributed by atoms with Gasteiger partial charge in [0.15, 0.2) is 0 Å². The van der Waals surface area contributed by atoms with Crippen molar-refractivity contribution in [3.05, 3.63) is 45.2 Å². The van der Waals surface area contributed by atoms with Crippen molar-refractivity contribution in [1.82, 2.24) is 4.98 Å². The van der Waals surface area contributed by atoms with Gasteiger partial charge in [0.1, 0.15) is 10.7 Å². The minimum Gasteiger partial charge on any atom is -0.319 e. The van der Waals surface area contributed by atoms with E-state index in [1.807, 2.05) is 6.92 Å². The van der Waals surface area contributed by atoms with Gasteiger partial charge in [-0.15, -0.1) is 11.3 Å². The minimum absolute atomic E-state index is 0.191. The molecule has 1 amide bonds. The molecule has 0 saturated heterocycles. The molecule has 1 aromatic heterocycles. The quantitative estimate of drug-likeness (QED) is 0.902. The molecule has 2 rings (SSSR count).